The molecule has 24 heavy (non-hydrogen) atoms. The molecule has 8 heteroatoms. The number of nitrogens with zero attached hydrogens (tertiary/aromatic N) is 1. The van der Waals surface area contributed by atoms with Gasteiger partial charge in [-0.05, 0) is 19.1 Å². The van der Waals surface area contributed by atoms with Gasteiger partial charge in [0.1, 0.15) is 18.8 Å². The second-order valence-electron chi connectivity index (χ2n) is 5.77. The fourth-order valence-electron chi connectivity index (χ4n) is 2.51. The molecule has 0 aliphatic carbocycles. The van der Waals surface area contributed by atoms with Crippen molar-refractivity contribution < 1.29 is 24.1 Å². The number of non-ortho nitro benzene ring substituents is 1. The SMILES string of the molecule is C[C@@H](Oc1ccc([N+](=O)[O-])cc1)C(=O)NCCC[NH+]1CCOCC1. The molecule has 1 aliphatic heterocycles. The summed E-state index contributed by atoms with van der Waals surface area (Å²) >= 11 is 0. The number of nitro groups is 1. The average Bonchev–Trinajstić information content (AvgIpc) is 2.60. The van der Waals surface area contributed by atoms with E-state index in [-0.39, 0.29) is 11.6 Å². The quantitative estimate of drug-likeness (QED) is 0.388. The molecule has 1 aromatic rings. The van der Waals surface area contributed by atoms with E-state index in [1.54, 1.807) is 6.92 Å². The Morgan fingerprint density at radius 2 is 2.04 bits per heavy atom. The van der Waals surface area contributed by atoms with Crippen LogP contribution in [0.3, 0.4) is 0 Å². The minimum atomic E-state index is -0.651. The van der Waals surface area contributed by atoms with Crippen molar-refractivity contribution in [2.45, 2.75) is 19.4 Å². The second-order valence-corrected chi connectivity index (χ2v) is 5.77. The number of nitro benzene ring substituents is 1. The third kappa shape index (κ3) is 5.78. The summed E-state index contributed by atoms with van der Waals surface area (Å²) in [5, 5.41) is 13.5. The van der Waals surface area contributed by atoms with Crippen LogP contribution < -0.4 is 15.0 Å². The fourth-order valence-corrected chi connectivity index (χ4v) is 2.51. The van der Waals surface area contributed by atoms with E-state index in [9.17, 15) is 14.9 Å². The molecule has 0 saturated carbocycles. The summed E-state index contributed by atoms with van der Waals surface area (Å²) in [7, 11) is 0. The van der Waals surface area contributed by atoms with Crippen LogP contribution in [0.2, 0.25) is 0 Å². The summed E-state index contributed by atoms with van der Waals surface area (Å²) in [5.41, 5.74) is -0.00920. The lowest BCUT2D eigenvalue weighted by atomic mass is 10.3. The Kier molecular flexibility index (Phi) is 6.95. The highest BCUT2D eigenvalue weighted by Crippen LogP contribution is 2.18. The Balaban J connectivity index is 1.66. The molecule has 1 atom stereocenters. The zero-order chi connectivity index (χ0) is 17.4. The van der Waals surface area contributed by atoms with E-state index < -0.39 is 11.0 Å². The van der Waals surface area contributed by atoms with Gasteiger partial charge in [-0.15, -0.1) is 0 Å². The number of quaternary nitrogens is 1. The van der Waals surface area contributed by atoms with Crippen molar-refractivity contribution >= 4 is 11.6 Å². The Morgan fingerprint density at radius 1 is 1.38 bits per heavy atom. The van der Waals surface area contributed by atoms with Gasteiger partial charge < -0.3 is 19.7 Å². The molecule has 1 saturated heterocycles. The van der Waals surface area contributed by atoms with Crippen molar-refractivity contribution in [2.75, 3.05) is 39.4 Å². The molecule has 8 nitrogen and oxygen atoms in total. The highest BCUT2D eigenvalue weighted by molar-refractivity contribution is 5.80. The normalized spacial score (nSPS) is 16.4. The van der Waals surface area contributed by atoms with Crippen molar-refractivity contribution in [3.63, 3.8) is 0 Å². The van der Waals surface area contributed by atoms with E-state index in [4.69, 9.17) is 9.47 Å². The van der Waals surface area contributed by atoms with Crippen molar-refractivity contribution in [3.05, 3.63) is 34.4 Å². The molecule has 1 aromatic carbocycles. The first-order chi connectivity index (χ1) is 11.6. The summed E-state index contributed by atoms with van der Waals surface area (Å²) in [6, 6.07) is 5.68. The monoisotopic (exact) mass is 338 g/mol. The summed E-state index contributed by atoms with van der Waals surface area (Å²) < 4.78 is 10.8. The van der Waals surface area contributed by atoms with Crippen LogP contribution in [0.25, 0.3) is 0 Å². The molecule has 1 heterocycles. The third-order valence-electron chi connectivity index (χ3n) is 3.94. The van der Waals surface area contributed by atoms with Gasteiger partial charge in [0.15, 0.2) is 6.10 Å². The number of hydrogen-bond acceptors (Lipinski definition) is 5. The molecule has 0 bridgehead atoms. The molecule has 2 N–H and O–H groups in total. The van der Waals surface area contributed by atoms with Crippen LogP contribution in [0.4, 0.5) is 5.69 Å². The van der Waals surface area contributed by atoms with E-state index in [1.807, 2.05) is 0 Å². The maximum Gasteiger partial charge on any atom is 0.269 e. The zero-order valence-electron chi connectivity index (χ0n) is 13.8. The van der Waals surface area contributed by atoms with E-state index in [1.165, 1.54) is 29.2 Å². The number of benzene rings is 1. The molecule has 1 amide bonds. The van der Waals surface area contributed by atoms with Crippen molar-refractivity contribution in [1.29, 1.82) is 0 Å². The van der Waals surface area contributed by atoms with Gasteiger partial charge in [0, 0.05) is 25.1 Å². The maximum absolute atomic E-state index is 12.0. The van der Waals surface area contributed by atoms with Gasteiger partial charge in [0.25, 0.3) is 11.6 Å². The Hall–Kier alpha value is -2.19. The minimum absolute atomic E-state index is 0.00920. The van der Waals surface area contributed by atoms with Crippen LogP contribution in [0, 0.1) is 10.1 Å². The first kappa shape index (κ1) is 18.2. The lowest BCUT2D eigenvalue weighted by Crippen LogP contribution is -3.14. The Labute approximate surface area is 140 Å². The molecule has 1 aliphatic rings. The first-order valence-electron chi connectivity index (χ1n) is 8.16. The van der Waals surface area contributed by atoms with E-state index in [0.29, 0.717) is 12.3 Å². The molecule has 1 fully saturated rings. The highest BCUT2D eigenvalue weighted by Gasteiger charge is 2.16. The molecule has 0 aromatic heterocycles. The molecule has 132 valence electrons. The zero-order valence-corrected chi connectivity index (χ0v) is 13.8. The minimum Gasteiger partial charge on any atom is -0.481 e. The van der Waals surface area contributed by atoms with Crippen molar-refractivity contribution in [3.8, 4) is 5.75 Å². The molecule has 0 unspecified atom stereocenters. The fraction of sp³-hybridized carbons (Fsp3) is 0.562. The van der Waals surface area contributed by atoms with E-state index in [2.05, 4.69) is 5.32 Å². The molecule has 2 rings (SSSR count). The van der Waals surface area contributed by atoms with Crippen molar-refractivity contribution in [2.24, 2.45) is 0 Å². The predicted molar refractivity (Wildman–Crippen MR) is 87.2 cm³/mol. The van der Waals surface area contributed by atoms with E-state index >= 15 is 0 Å². The Bertz CT molecular complexity index is 543. The number of morpholine rings is 1. The lowest BCUT2D eigenvalue weighted by molar-refractivity contribution is -0.908. The maximum atomic E-state index is 12.0. The molecule has 0 radical (unpaired) electrons. The topological polar surface area (TPSA) is 95.1 Å². The van der Waals surface area contributed by atoms with Gasteiger partial charge in [0.05, 0.1) is 24.7 Å². The van der Waals surface area contributed by atoms with Crippen LogP contribution >= 0.6 is 0 Å². The number of ether oxygens (including phenoxy) is 2. The van der Waals surface area contributed by atoms with Crippen molar-refractivity contribution in [1.82, 2.24) is 5.32 Å². The van der Waals surface area contributed by atoms with Gasteiger partial charge in [0.2, 0.25) is 0 Å². The number of amides is 1. The number of hydrogen-bond donors (Lipinski definition) is 2. The van der Waals surface area contributed by atoms with Crippen LogP contribution in [0.5, 0.6) is 5.75 Å². The molecular weight excluding hydrogens is 314 g/mol. The average molecular weight is 338 g/mol. The molecular formula is C16H24N3O5+. The first-order valence-corrected chi connectivity index (χ1v) is 8.16. The largest absolute Gasteiger partial charge is 0.481 e. The highest BCUT2D eigenvalue weighted by atomic mass is 16.6. The number of nitrogens with one attached hydrogen (secondary N) is 2. The molecule has 0 spiro atoms. The second kappa shape index (κ2) is 9.19. The lowest BCUT2D eigenvalue weighted by Gasteiger charge is -2.23. The van der Waals surface area contributed by atoms with Gasteiger partial charge in [-0.2, -0.15) is 0 Å². The summed E-state index contributed by atoms with van der Waals surface area (Å²) in [4.78, 5) is 23.6. The van der Waals surface area contributed by atoms with Gasteiger partial charge in [-0.1, -0.05) is 0 Å². The summed E-state index contributed by atoms with van der Waals surface area (Å²) in [5.74, 6) is 0.242. The summed E-state index contributed by atoms with van der Waals surface area (Å²) in [6.07, 6.45) is 0.257. The number of carbonyl (C=O) groups is 1. The standard InChI is InChI=1S/C16H23N3O5/c1-13(24-15-5-3-14(4-6-15)19(21)22)16(20)17-7-2-8-18-9-11-23-12-10-18/h3-6,13H,2,7-12H2,1H3,(H,17,20)/p+1/t13-/m1/s1. The van der Waals surface area contributed by atoms with Gasteiger partial charge >= 0.3 is 0 Å². The number of rotatable bonds is 8. The van der Waals surface area contributed by atoms with Gasteiger partial charge in [-0.25, -0.2) is 0 Å². The van der Waals surface area contributed by atoms with Crippen LogP contribution in [0.15, 0.2) is 24.3 Å². The van der Waals surface area contributed by atoms with Gasteiger partial charge in [-0.3, -0.25) is 14.9 Å². The van der Waals surface area contributed by atoms with Crippen LogP contribution in [0.1, 0.15) is 13.3 Å². The van der Waals surface area contributed by atoms with Crippen LogP contribution in [-0.4, -0.2) is 56.3 Å². The van der Waals surface area contributed by atoms with E-state index in [0.717, 1.165) is 39.3 Å². The third-order valence-corrected chi connectivity index (χ3v) is 3.94. The predicted octanol–water partition coefficient (Wildman–Crippen LogP) is -0.216. The summed E-state index contributed by atoms with van der Waals surface area (Å²) in [6.45, 7) is 6.94. The smallest absolute Gasteiger partial charge is 0.269 e. The number of carbonyl (C=O) groups excluding carboxylic acids is 1. The van der Waals surface area contributed by atoms with Crippen LogP contribution in [-0.2, 0) is 9.53 Å². The Morgan fingerprint density at radius 3 is 2.67 bits per heavy atom.